The van der Waals surface area contributed by atoms with E-state index in [-0.39, 0.29) is 18.3 Å². The molecular weight excluding hydrogens is 360 g/mol. The number of nitrogens with one attached hydrogen (secondary N) is 1. The number of alkyl carbamates (subject to hydrolysis) is 1. The number of aryl methyl sites for hydroxylation is 1. The first-order chi connectivity index (χ1) is 12.4. The highest BCUT2D eigenvalue weighted by atomic mass is 35.5. The molecule has 1 aromatic rings. The van der Waals surface area contributed by atoms with Crippen molar-refractivity contribution in [1.29, 1.82) is 0 Å². The van der Waals surface area contributed by atoms with Gasteiger partial charge in [-0.2, -0.15) is 0 Å². The summed E-state index contributed by atoms with van der Waals surface area (Å²) in [5.74, 6) is 0. The van der Waals surface area contributed by atoms with Gasteiger partial charge >= 0.3 is 12.2 Å². The summed E-state index contributed by atoms with van der Waals surface area (Å²) in [6.07, 6.45) is 0.615. The van der Waals surface area contributed by atoms with Crippen molar-refractivity contribution in [2.75, 3.05) is 19.7 Å². The molecule has 0 unspecified atom stereocenters. The molecule has 0 aromatic heterocycles. The highest BCUT2D eigenvalue weighted by Gasteiger charge is 2.52. The highest BCUT2D eigenvalue weighted by molar-refractivity contribution is 6.31. The third-order valence-electron chi connectivity index (χ3n) is 5.13. The Labute approximate surface area is 156 Å². The van der Waals surface area contributed by atoms with Gasteiger partial charge in [0.2, 0.25) is 0 Å². The number of amides is 2. The van der Waals surface area contributed by atoms with Gasteiger partial charge in [0.15, 0.2) is 0 Å². The molecule has 1 saturated carbocycles. The zero-order valence-corrected chi connectivity index (χ0v) is 15.3. The number of carbonyl (C=O) groups is 2. The molecular formula is C18H21ClN2O5. The first-order valence-electron chi connectivity index (χ1n) is 8.70. The SMILES string of the molecule is Cc1ccc(COC2CC(OC(=O)N3CC4(COC(=O)N4)C3)C2)cc1Cl. The number of likely N-dealkylation sites (tertiary alicyclic amines) is 1. The van der Waals surface area contributed by atoms with Crippen LogP contribution in [0.5, 0.6) is 0 Å². The minimum Gasteiger partial charge on any atom is -0.447 e. The number of nitrogens with zero attached hydrogens (tertiary/aromatic N) is 1. The van der Waals surface area contributed by atoms with Gasteiger partial charge in [-0.15, -0.1) is 0 Å². The van der Waals surface area contributed by atoms with Gasteiger partial charge in [-0.25, -0.2) is 9.59 Å². The van der Waals surface area contributed by atoms with Crippen molar-refractivity contribution >= 4 is 23.8 Å². The lowest BCUT2D eigenvalue weighted by atomic mass is 9.91. The van der Waals surface area contributed by atoms with Crippen LogP contribution in [0.4, 0.5) is 9.59 Å². The second-order valence-corrected chi connectivity index (χ2v) is 7.74. The van der Waals surface area contributed by atoms with Crippen LogP contribution < -0.4 is 5.32 Å². The molecule has 1 aliphatic carbocycles. The number of hydrogen-bond donors (Lipinski definition) is 1. The summed E-state index contributed by atoms with van der Waals surface area (Å²) in [6, 6.07) is 5.89. The van der Waals surface area contributed by atoms with Crippen molar-refractivity contribution in [2.24, 2.45) is 0 Å². The highest BCUT2D eigenvalue weighted by Crippen LogP contribution is 2.31. The van der Waals surface area contributed by atoms with E-state index < -0.39 is 11.6 Å². The number of halogens is 1. The zero-order chi connectivity index (χ0) is 18.3. The molecule has 3 aliphatic rings. The third-order valence-corrected chi connectivity index (χ3v) is 5.54. The average Bonchev–Trinajstić information content (AvgIpc) is 2.93. The van der Waals surface area contributed by atoms with Crippen LogP contribution in [0.2, 0.25) is 5.02 Å². The van der Waals surface area contributed by atoms with Gasteiger partial charge in [-0.1, -0.05) is 23.7 Å². The summed E-state index contributed by atoms with van der Waals surface area (Å²) in [7, 11) is 0. The van der Waals surface area contributed by atoms with Crippen molar-refractivity contribution in [2.45, 2.75) is 44.1 Å². The van der Waals surface area contributed by atoms with Crippen LogP contribution in [0.15, 0.2) is 18.2 Å². The van der Waals surface area contributed by atoms with Crippen LogP contribution in [0.25, 0.3) is 0 Å². The lowest BCUT2D eigenvalue weighted by Gasteiger charge is -2.46. The summed E-state index contributed by atoms with van der Waals surface area (Å²) in [5, 5.41) is 3.48. The zero-order valence-electron chi connectivity index (χ0n) is 14.5. The fraction of sp³-hybridized carbons (Fsp3) is 0.556. The maximum Gasteiger partial charge on any atom is 0.410 e. The van der Waals surface area contributed by atoms with Gasteiger partial charge in [0, 0.05) is 17.9 Å². The van der Waals surface area contributed by atoms with Crippen molar-refractivity contribution in [3.05, 3.63) is 34.3 Å². The Hall–Kier alpha value is -1.99. The van der Waals surface area contributed by atoms with Crippen LogP contribution >= 0.6 is 11.6 Å². The number of benzene rings is 1. The van der Waals surface area contributed by atoms with Crippen LogP contribution in [-0.4, -0.2) is 54.5 Å². The molecule has 140 valence electrons. The van der Waals surface area contributed by atoms with Crippen molar-refractivity contribution in [3.8, 4) is 0 Å². The Kier molecular flexibility index (Phi) is 4.44. The molecule has 2 amide bonds. The average molecular weight is 381 g/mol. The number of cyclic esters (lactones) is 1. The third kappa shape index (κ3) is 3.46. The molecule has 0 radical (unpaired) electrons. The number of ether oxygens (including phenoxy) is 3. The Morgan fingerprint density at radius 2 is 2.15 bits per heavy atom. The molecule has 3 fully saturated rings. The summed E-state index contributed by atoms with van der Waals surface area (Å²) < 4.78 is 16.2. The Morgan fingerprint density at radius 1 is 1.38 bits per heavy atom. The summed E-state index contributed by atoms with van der Waals surface area (Å²) >= 11 is 6.11. The van der Waals surface area contributed by atoms with E-state index in [4.69, 9.17) is 25.8 Å². The van der Waals surface area contributed by atoms with E-state index in [2.05, 4.69) is 5.32 Å². The lowest BCUT2D eigenvalue weighted by molar-refractivity contribution is -0.0928. The number of hydrogen-bond acceptors (Lipinski definition) is 5. The molecule has 7 nitrogen and oxygen atoms in total. The fourth-order valence-corrected chi connectivity index (χ4v) is 3.59. The molecule has 2 saturated heterocycles. The van der Waals surface area contributed by atoms with Crippen LogP contribution in [-0.2, 0) is 20.8 Å². The van der Waals surface area contributed by atoms with Crippen molar-refractivity contribution < 1.29 is 23.8 Å². The smallest absolute Gasteiger partial charge is 0.410 e. The summed E-state index contributed by atoms with van der Waals surface area (Å²) in [4.78, 5) is 24.8. The molecule has 1 N–H and O–H groups in total. The second-order valence-electron chi connectivity index (χ2n) is 7.33. The van der Waals surface area contributed by atoms with E-state index in [9.17, 15) is 9.59 Å². The van der Waals surface area contributed by atoms with Crippen LogP contribution in [0, 0.1) is 6.92 Å². The first-order valence-corrected chi connectivity index (χ1v) is 9.07. The number of rotatable bonds is 4. The molecule has 4 rings (SSSR count). The molecule has 8 heteroatoms. The molecule has 2 aliphatic heterocycles. The quantitative estimate of drug-likeness (QED) is 0.868. The fourth-order valence-electron chi connectivity index (χ4n) is 3.38. The predicted octanol–water partition coefficient (Wildman–Crippen LogP) is 2.63. The minimum atomic E-state index is -0.424. The maximum absolute atomic E-state index is 12.1. The lowest BCUT2D eigenvalue weighted by Crippen LogP contribution is -2.70. The summed E-state index contributed by atoms with van der Waals surface area (Å²) in [6.45, 7) is 3.62. The molecule has 1 spiro atoms. The predicted molar refractivity (Wildman–Crippen MR) is 93.1 cm³/mol. The van der Waals surface area contributed by atoms with Crippen LogP contribution in [0.3, 0.4) is 0 Å². The largest absolute Gasteiger partial charge is 0.447 e. The molecule has 0 bridgehead atoms. The number of carbonyl (C=O) groups excluding carboxylic acids is 2. The van der Waals surface area contributed by atoms with Gasteiger partial charge in [-0.05, 0) is 24.1 Å². The monoisotopic (exact) mass is 380 g/mol. The van der Waals surface area contributed by atoms with E-state index in [1.54, 1.807) is 4.90 Å². The standard InChI is InChI=1S/C18H21ClN2O5/c1-11-2-3-12(4-15(11)19)7-24-13-5-14(6-13)26-17(23)21-8-18(9-21)10-25-16(22)20-18/h2-4,13-14H,5-10H2,1H3,(H,20,22). The Balaban J connectivity index is 1.15. The van der Waals surface area contributed by atoms with Gasteiger partial charge in [0.1, 0.15) is 18.2 Å². The molecule has 1 aromatic carbocycles. The molecule has 0 atom stereocenters. The first kappa shape index (κ1) is 17.4. The molecule has 26 heavy (non-hydrogen) atoms. The van der Waals surface area contributed by atoms with E-state index in [0.717, 1.165) is 16.1 Å². The molecule has 2 heterocycles. The topological polar surface area (TPSA) is 77.1 Å². The van der Waals surface area contributed by atoms with Gasteiger partial charge < -0.3 is 24.4 Å². The maximum atomic E-state index is 12.1. The van der Waals surface area contributed by atoms with Crippen molar-refractivity contribution in [1.82, 2.24) is 10.2 Å². The minimum absolute atomic E-state index is 0.0955. The van der Waals surface area contributed by atoms with E-state index >= 15 is 0 Å². The second kappa shape index (κ2) is 6.63. The van der Waals surface area contributed by atoms with Gasteiger partial charge in [0.05, 0.1) is 25.8 Å². The normalized spacial score (nSPS) is 25.9. The van der Waals surface area contributed by atoms with E-state index in [0.29, 0.717) is 39.1 Å². The Bertz CT molecular complexity index is 728. The van der Waals surface area contributed by atoms with Crippen molar-refractivity contribution in [3.63, 3.8) is 0 Å². The summed E-state index contributed by atoms with van der Waals surface area (Å²) in [5.41, 5.74) is 1.66. The van der Waals surface area contributed by atoms with Gasteiger partial charge in [0.25, 0.3) is 0 Å². The van der Waals surface area contributed by atoms with Gasteiger partial charge in [-0.3, -0.25) is 0 Å². The van der Waals surface area contributed by atoms with E-state index in [1.165, 1.54) is 0 Å². The van der Waals surface area contributed by atoms with Crippen LogP contribution in [0.1, 0.15) is 24.0 Å². The van der Waals surface area contributed by atoms with E-state index in [1.807, 2.05) is 25.1 Å². The Morgan fingerprint density at radius 3 is 2.81 bits per heavy atom.